The van der Waals surface area contributed by atoms with E-state index in [0.717, 1.165) is 5.56 Å². The lowest BCUT2D eigenvalue weighted by atomic mass is 10.1. The Morgan fingerprint density at radius 3 is 1.73 bits per heavy atom. The first kappa shape index (κ1) is 11.0. The van der Waals surface area contributed by atoms with Crippen LogP contribution in [0, 0.1) is 0 Å². The van der Waals surface area contributed by atoms with Crippen molar-refractivity contribution in [2.75, 3.05) is 0 Å². The van der Waals surface area contributed by atoms with E-state index in [-0.39, 0.29) is 0 Å². The molecule has 15 heavy (non-hydrogen) atoms. The number of carbonyl (C=O) groups excluding carboxylic acids is 1. The molecule has 0 aromatic heterocycles. The van der Waals surface area contributed by atoms with Crippen molar-refractivity contribution in [3.63, 3.8) is 0 Å². The zero-order valence-corrected chi connectivity index (χ0v) is 8.26. The standard InChI is InChI=1S/C12H10O.CH2O/c13-12-8-6-11(7-9-12)10-4-2-1-3-5-10;1-2/h1-9,13H;1H2. The SMILES string of the molecule is C=O.Oc1ccc(-c2ccccc2)cc1. The van der Waals surface area contributed by atoms with Gasteiger partial charge in [-0.1, -0.05) is 42.5 Å². The zero-order chi connectivity index (χ0) is 11.1. The maximum absolute atomic E-state index is 9.10. The average molecular weight is 200 g/mol. The highest BCUT2D eigenvalue weighted by Gasteiger charge is 1.94. The van der Waals surface area contributed by atoms with Crippen molar-refractivity contribution in [1.82, 2.24) is 0 Å². The summed E-state index contributed by atoms with van der Waals surface area (Å²) < 4.78 is 0. The molecule has 0 aliphatic carbocycles. The molecule has 0 fully saturated rings. The molecule has 0 atom stereocenters. The second-order valence-electron chi connectivity index (χ2n) is 2.91. The Morgan fingerprint density at radius 2 is 1.20 bits per heavy atom. The van der Waals surface area contributed by atoms with E-state index in [1.807, 2.05) is 49.3 Å². The van der Waals surface area contributed by atoms with Crippen molar-refractivity contribution in [3.8, 4) is 16.9 Å². The van der Waals surface area contributed by atoms with Crippen molar-refractivity contribution < 1.29 is 9.90 Å². The predicted octanol–water partition coefficient (Wildman–Crippen LogP) is 2.87. The van der Waals surface area contributed by atoms with Gasteiger partial charge in [-0.3, -0.25) is 0 Å². The fraction of sp³-hybridized carbons (Fsp3) is 0. The summed E-state index contributed by atoms with van der Waals surface area (Å²) in [7, 11) is 0. The molecule has 0 aliphatic rings. The van der Waals surface area contributed by atoms with Crippen LogP contribution >= 0.6 is 0 Å². The topological polar surface area (TPSA) is 37.3 Å². The van der Waals surface area contributed by atoms with Gasteiger partial charge in [-0.05, 0) is 23.3 Å². The minimum atomic E-state index is 0.305. The summed E-state index contributed by atoms with van der Waals surface area (Å²) in [6.07, 6.45) is 0. The maximum atomic E-state index is 9.10. The molecule has 0 saturated heterocycles. The molecule has 0 amide bonds. The molecule has 2 aromatic carbocycles. The van der Waals surface area contributed by atoms with Crippen molar-refractivity contribution in [2.45, 2.75) is 0 Å². The summed E-state index contributed by atoms with van der Waals surface area (Å²) in [4.78, 5) is 8.00. The first-order valence-corrected chi connectivity index (χ1v) is 4.49. The molecular weight excluding hydrogens is 188 g/mol. The minimum Gasteiger partial charge on any atom is -0.508 e. The minimum absolute atomic E-state index is 0.305. The highest BCUT2D eigenvalue weighted by molar-refractivity contribution is 5.63. The number of benzene rings is 2. The lowest BCUT2D eigenvalue weighted by Gasteiger charge is -2.00. The zero-order valence-electron chi connectivity index (χ0n) is 8.26. The van der Waals surface area contributed by atoms with Crippen LogP contribution in [-0.4, -0.2) is 11.9 Å². The van der Waals surface area contributed by atoms with Gasteiger partial charge in [-0.2, -0.15) is 0 Å². The Morgan fingerprint density at radius 1 is 0.733 bits per heavy atom. The van der Waals surface area contributed by atoms with Crippen LogP contribution in [0.5, 0.6) is 5.75 Å². The number of hydrogen-bond acceptors (Lipinski definition) is 2. The Kier molecular flexibility index (Phi) is 4.10. The Bertz CT molecular complexity index is 393. The van der Waals surface area contributed by atoms with Crippen LogP contribution in [0.25, 0.3) is 11.1 Å². The molecule has 0 saturated carbocycles. The van der Waals surface area contributed by atoms with Gasteiger partial charge in [0, 0.05) is 0 Å². The molecule has 0 aliphatic heterocycles. The molecule has 0 bridgehead atoms. The Balaban J connectivity index is 0.000000531. The molecule has 2 nitrogen and oxygen atoms in total. The molecule has 1 N–H and O–H groups in total. The van der Waals surface area contributed by atoms with Gasteiger partial charge >= 0.3 is 0 Å². The normalized spacial score (nSPS) is 8.80. The number of hydrogen-bond donors (Lipinski definition) is 1. The van der Waals surface area contributed by atoms with Crippen LogP contribution in [0.2, 0.25) is 0 Å². The van der Waals surface area contributed by atoms with E-state index in [0.29, 0.717) is 5.75 Å². The van der Waals surface area contributed by atoms with E-state index < -0.39 is 0 Å². The molecule has 0 radical (unpaired) electrons. The third-order valence-corrected chi connectivity index (χ3v) is 1.97. The van der Waals surface area contributed by atoms with E-state index in [1.54, 1.807) is 12.1 Å². The van der Waals surface area contributed by atoms with Gasteiger partial charge < -0.3 is 9.90 Å². The van der Waals surface area contributed by atoms with E-state index in [2.05, 4.69) is 0 Å². The summed E-state index contributed by atoms with van der Waals surface area (Å²) in [5.74, 6) is 0.305. The van der Waals surface area contributed by atoms with E-state index in [9.17, 15) is 0 Å². The van der Waals surface area contributed by atoms with Crippen LogP contribution < -0.4 is 0 Å². The van der Waals surface area contributed by atoms with Crippen LogP contribution in [0.3, 0.4) is 0 Å². The summed E-state index contributed by atoms with van der Waals surface area (Å²) in [6.45, 7) is 2.00. The smallest absolute Gasteiger partial charge is 0.115 e. The molecule has 0 heterocycles. The predicted molar refractivity (Wildman–Crippen MR) is 60.7 cm³/mol. The van der Waals surface area contributed by atoms with Gasteiger partial charge in [0.25, 0.3) is 0 Å². The van der Waals surface area contributed by atoms with Gasteiger partial charge in [0.2, 0.25) is 0 Å². The third-order valence-electron chi connectivity index (χ3n) is 1.97. The summed E-state index contributed by atoms with van der Waals surface area (Å²) in [5.41, 5.74) is 2.29. The lowest BCUT2D eigenvalue weighted by molar-refractivity contribution is -0.0979. The fourth-order valence-corrected chi connectivity index (χ4v) is 1.28. The molecule has 0 unspecified atom stereocenters. The van der Waals surface area contributed by atoms with E-state index >= 15 is 0 Å². The van der Waals surface area contributed by atoms with Crippen molar-refractivity contribution in [2.24, 2.45) is 0 Å². The number of phenols is 1. The van der Waals surface area contributed by atoms with Gasteiger partial charge in [-0.15, -0.1) is 0 Å². The highest BCUT2D eigenvalue weighted by atomic mass is 16.3. The second-order valence-corrected chi connectivity index (χ2v) is 2.91. The lowest BCUT2D eigenvalue weighted by Crippen LogP contribution is -1.74. The van der Waals surface area contributed by atoms with Crippen LogP contribution in [0.1, 0.15) is 0 Å². The summed E-state index contributed by atoms with van der Waals surface area (Å²) in [6, 6.07) is 17.3. The largest absolute Gasteiger partial charge is 0.508 e. The molecule has 0 spiro atoms. The van der Waals surface area contributed by atoms with Gasteiger partial charge in [0.05, 0.1) is 0 Å². The first-order chi connectivity index (χ1) is 7.36. The fourth-order valence-electron chi connectivity index (χ4n) is 1.28. The second kappa shape index (κ2) is 5.60. The van der Waals surface area contributed by atoms with Crippen LogP contribution in [0.4, 0.5) is 0 Å². The van der Waals surface area contributed by atoms with Crippen LogP contribution in [0.15, 0.2) is 54.6 Å². The molecule has 2 heteroatoms. The Labute approximate surface area is 88.8 Å². The highest BCUT2D eigenvalue weighted by Crippen LogP contribution is 2.20. The van der Waals surface area contributed by atoms with Crippen molar-refractivity contribution in [3.05, 3.63) is 54.6 Å². The Hall–Kier alpha value is -2.09. The monoisotopic (exact) mass is 200 g/mol. The first-order valence-electron chi connectivity index (χ1n) is 4.49. The van der Waals surface area contributed by atoms with Gasteiger partial charge in [-0.25, -0.2) is 0 Å². The van der Waals surface area contributed by atoms with Gasteiger partial charge in [0.15, 0.2) is 0 Å². The molecule has 2 rings (SSSR count). The summed E-state index contributed by atoms with van der Waals surface area (Å²) in [5, 5.41) is 9.10. The van der Waals surface area contributed by atoms with Gasteiger partial charge in [0.1, 0.15) is 12.5 Å². The van der Waals surface area contributed by atoms with E-state index in [1.165, 1.54) is 5.56 Å². The quantitative estimate of drug-likeness (QED) is 0.768. The maximum Gasteiger partial charge on any atom is 0.115 e. The van der Waals surface area contributed by atoms with Crippen molar-refractivity contribution in [1.29, 1.82) is 0 Å². The van der Waals surface area contributed by atoms with Crippen LogP contribution in [-0.2, 0) is 4.79 Å². The van der Waals surface area contributed by atoms with E-state index in [4.69, 9.17) is 9.90 Å². The molecular formula is C13H12O2. The molecule has 76 valence electrons. The number of aromatic hydroxyl groups is 1. The van der Waals surface area contributed by atoms with Crippen molar-refractivity contribution >= 4 is 6.79 Å². The number of carbonyl (C=O) groups is 1. The number of rotatable bonds is 1. The average Bonchev–Trinajstić information content (AvgIpc) is 2.34. The summed E-state index contributed by atoms with van der Waals surface area (Å²) >= 11 is 0. The third kappa shape index (κ3) is 2.95. The molecule has 2 aromatic rings. The number of phenolic OH excluding ortho intramolecular Hbond substituents is 1.